The quantitative estimate of drug-likeness (QED) is 0.883. The fourth-order valence-electron chi connectivity index (χ4n) is 2.15. The highest BCUT2D eigenvalue weighted by Crippen LogP contribution is 2.38. The number of halogens is 2. The first-order valence-corrected chi connectivity index (χ1v) is 8.71. The van der Waals surface area contributed by atoms with Crippen LogP contribution in [0.5, 0.6) is 0 Å². The van der Waals surface area contributed by atoms with Crippen LogP contribution in [-0.4, -0.2) is 39.6 Å². The number of amides is 1. The van der Waals surface area contributed by atoms with Crippen LogP contribution < -0.4 is 0 Å². The molecule has 1 saturated heterocycles. The highest BCUT2D eigenvalue weighted by Gasteiger charge is 2.36. The SMILES string of the molecule is O=C(O)[C@@H]1CSCN1C(=O)c1sc2cc(Cl)ccc2c1Cl. The van der Waals surface area contributed by atoms with E-state index in [0.29, 0.717) is 26.6 Å². The monoisotopic (exact) mass is 361 g/mol. The Morgan fingerprint density at radius 2 is 2.10 bits per heavy atom. The molecule has 0 spiro atoms. The zero-order valence-corrected chi connectivity index (χ0v) is 13.7. The van der Waals surface area contributed by atoms with Gasteiger partial charge in [0.05, 0.1) is 10.9 Å². The molecule has 1 fully saturated rings. The van der Waals surface area contributed by atoms with Crippen molar-refractivity contribution in [1.82, 2.24) is 4.90 Å². The molecule has 3 rings (SSSR count). The van der Waals surface area contributed by atoms with Gasteiger partial charge in [0.15, 0.2) is 0 Å². The molecule has 2 aromatic rings. The standard InChI is InChI=1S/C13H9Cl2NO3S2/c14-6-1-2-7-9(3-6)21-11(10(7)15)12(17)16-5-20-4-8(16)13(18)19/h1-3,8H,4-5H2,(H,18,19)/t8-/m0/s1. The van der Waals surface area contributed by atoms with Crippen molar-refractivity contribution in [2.24, 2.45) is 0 Å². The molecule has 0 aliphatic carbocycles. The molecule has 1 aliphatic heterocycles. The van der Waals surface area contributed by atoms with Crippen LogP contribution in [0.1, 0.15) is 9.67 Å². The molecule has 21 heavy (non-hydrogen) atoms. The van der Waals surface area contributed by atoms with E-state index in [1.807, 2.05) is 0 Å². The maximum atomic E-state index is 12.6. The second kappa shape index (κ2) is 5.68. The normalized spacial score (nSPS) is 18.4. The third-order valence-electron chi connectivity index (χ3n) is 3.21. The molecule has 1 aromatic heterocycles. The lowest BCUT2D eigenvalue weighted by atomic mass is 10.2. The average Bonchev–Trinajstić information content (AvgIpc) is 3.03. The predicted molar refractivity (Wildman–Crippen MR) is 86.8 cm³/mol. The van der Waals surface area contributed by atoms with Crippen LogP contribution in [0.3, 0.4) is 0 Å². The van der Waals surface area contributed by atoms with E-state index in [4.69, 9.17) is 23.2 Å². The molecule has 0 bridgehead atoms. The minimum absolute atomic E-state index is 0.338. The van der Waals surface area contributed by atoms with Crippen molar-refractivity contribution in [2.75, 3.05) is 11.6 Å². The van der Waals surface area contributed by atoms with Crippen molar-refractivity contribution < 1.29 is 14.7 Å². The first-order chi connectivity index (χ1) is 9.99. The fraction of sp³-hybridized carbons (Fsp3) is 0.231. The molecule has 4 nitrogen and oxygen atoms in total. The van der Waals surface area contributed by atoms with E-state index in [0.717, 1.165) is 10.1 Å². The van der Waals surface area contributed by atoms with Gasteiger partial charge in [0, 0.05) is 20.9 Å². The number of carboxylic acid groups (broad SMARTS) is 1. The van der Waals surface area contributed by atoms with Crippen LogP contribution in [-0.2, 0) is 4.79 Å². The number of carbonyl (C=O) groups excluding carboxylic acids is 1. The Kier molecular flexibility index (Phi) is 4.05. The van der Waals surface area contributed by atoms with Gasteiger partial charge in [-0.15, -0.1) is 23.1 Å². The summed E-state index contributed by atoms with van der Waals surface area (Å²) in [5.74, 6) is -0.570. The lowest BCUT2D eigenvalue weighted by Gasteiger charge is -2.19. The number of hydrogen-bond donors (Lipinski definition) is 1. The summed E-state index contributed by atoms with van der Waals surface area (Å²) in [4.78, 5) is 25.5. The fourth-order valence-corrected chi connectivity index (χ4v) is 5.04. The van der Waals surface area contributed by atoms with Crippen molar-refractivity contribution >= 4 is 68.3 Å². The molecular formula is C13H9Cl2NO3S2. The number of hydrogen-bond acceptors (Lipinski definition) is 4. The average molecular weight is 362 g/mol. The molecule has 0 saturated carbocycles. The third-order valence-corrected chi connectivity index (χ3v) is 6.11. The van der Waals surface area contributed by atoms with E-state index in [-0.39, 0.29) is 5.91 Å². The van der Waals surface area contributed by atoms with Gasteiger partial charge in [-0.25, -0.2) is 4.79 Å². The lowest BCUT2D eigenvalue weighted by Crippen LogP contribution is -2.41. The summed E-state index contributed by atoms with van der Waals surface area (Å²) in [6.07, 6.45) is 0. The van der Waals surface area contributed by atoms with Crippen LogP contribution in [0.4, 0.5) is 0 Å². The van der Waals surface area contributed by atoms with E-state index in [2.05, 4.69) is 0 Å². The zero-order chi connectivity index (χ0) is 15.1. The summed E-state index contributed by atoms with van der Waals surface area (Å²) < 4.78 is 0.814. The molecular weight excluding hydrogens is 353 g/mol. The third kappa shape index (κ3) is 2.61. The number of carbonyl (C=O) groups is 2. The van der Waals surface area contributed by atoms with Gasteiger partial charge in [0.25, 0.3) is 5.91 Å². The van der Waals surface area contributed by atoms with Crippen molar-refractivity contribution in [3.8, 4) is 0 Å². The molecule has 0 radical (unpaired) electrons. The molecule has 1 atom stereocenters. The lowest BCUT2D eigenvalue weighted by molar-refractivity contribution is -0.140. The van der Waals surface area contributed by atoms with Crippen LogP contribution in [0, 0.1) is 0 Å². The number of aliphatic carboxylic acids is 1. The van der Waals surface area contributed by atoms with E-state index >= 15 is 0 Å². The largest absolute Gasteiger partial charge is 0.480 e. The smallest absolute Gasteiger partial charge is 0.327 e. The summed E-state index contributed by atoms with van der Waals surface area (Å²) in [7, 11) is 0. The summed E-state index contributed by atoms with van der Waals surface area (Å²) >= 11 is 14.9. The number of thioether (sulfide) groups is 1. The van der Waals surface area contributed by atoms with Gasteiger partial charge in [-0.3, -0.25) is 4.79 Å². The molecule has 1 amide bonds. The number of thiophene rings is 1. The zero-order valence-electron chi connectivity index (χ0n) is 10.5. The van der Waals surface area contributed by atoms with Gasteiger partial charge in [0.2, 0.25) is 0 Å². The predicted octanol–water partition coefficient (Wildman–Crippen LogP) is 3.81. The maximum absolute atomic E-state index is 12.6. The van der Waals surface area contributed by atoms with Crippen molar-refractivity contribution in [3.63, 3.8) is 0 Å². The Morgan fingerprint density at radius 1 is 1.33 bits per heavy atom. The minimum Gasteiger partial charge on any atom is -0.480 e. The number of benzene rings is 1. The van der Waals surface area contributed by atoms with Gasteiger partial charge in [-0.1, -0.05) is 29.3 Å². The molecule has 8 heteroatoms. The summed E-state index contributed by atoms with van der Waals surface area (Å²) in [6.45, 7) is 0. The summed E-state index contributed by atoms with van der Waals surface area (Å²) in [6, 6.07) is 4.42. The molecule has 1 aromatic carbocycles. The maximum Gasteiger partial charge on any atom is 0.327 e. The van der Waals surface area contributed by atoms with Crippen molar-refractivity contribution in [1.29, 1.82) is 0 Å². The summed E-state index contributed by atoms with van der Waals surface area (Å²) in [5, 5.41) is 10.9. The van der Waals surface area contributed by atoms with Gasteiger partial charge >= 0.3 is 5.97 Å². The number of rotatable bonds is 2. The van der Waals surface area contributed by atoms with Gasteiger partial charge in [-0.05, 0) is 12.1 Å². The Hall–Kier alpha value is -0.950. The molecule has 1 aliphatic rings. The van der Waals surface area contributed by atoms with E-state index < -0.39 is 12.0 Å². The van der Waals surface area contributed by atoms with Crippen LogP contribution >= 0.6 is 46.3 Å². The van der Waals surface area contributed by atoms with Crippen LogP contribution in [0.15, 0.2) is 18.2 Å². The van der Waals surface area contributed by atoms with Crippen LogP contribution in [0.25, 0.3) is 10.1 Å². The van der Waals surface area contributed by atoms with Gasteiger partial charge in [0.1, 0.15) is 10.9 Å². The van der Waals surface area contributed by atoms with Crippen LogP contribution in [0.2, 0.25) is 10.0 Å². The van der Waals surface area contributed by atoms with Crippen molar-refractivity contribution in [3.05, 3.63) is 33.1 Å². The molecule has 1 N–H and O–H groups in total. The Balaban J connectivity index is 2.02. The van der Waals surface area contributed by atoms with Gasteiger partial charge < -0.3 is 10.0 Å². The molecule has 2 heterocycles. The highest BCUT2D eigenvalue weighted by molar-refractivity contribution is 7.99. The highest BCUT2D eigenvalue weighted by atomic mass is 35.5. The summed E-state index contributed by atoms with van der Waals surface area (Å²) in [5.41, 5.74) is 0. The minimum atomic E-state index is -0.992. The molecule has 0 unspecified atom stereocenters. The first-order valence-electron chi connectivity index (χ1n) is 5.98. The second-order valence-corrected chi connectivity index (χ2v) is 7.38. The topological polar surface area (TPSA) is 57.6 Å². The van der Waals surface area contributed by atoms with Gasteiger partial charge in [-0.2, -0.15) is 0 Å². The molecule has 110 valence electrons. The number of nitrogens with zero attached hydrogens (tertiary/aromatic N) is 1. The Bertz CT molecular complexity index is 746. The van der Waals surface area contributed by atoms with Crippen molar-refractivity contribution in [2.45, 2.75) is 6.04 Å². The van der Waals surface area contributed by atoms with E-state index in [1.165, 1.54) is 28.0 Å². The number of carboxylic acids is 1. The second-order valence-electron chi connectivity index (χ2n) is 4.51. The van der Waals surface area contributed by atoms with E-state index in [1.54, 1.807) is 18.2 Å². The first kappa shape index (κ1) is 15.0. The Morgan fingerprint density at radius 3 is 2.81 bits per heavy atom. The van der Waals surface area contributed by atoms with E-state index in [9.17, 15) is 14.7 Å². The number of fused-ring (bicyclic) bond motifs is 1. The Labute approximate surface area is 138 Å².